The van der Waals surface area contributed by atoms with Gasteiger partial charge in [0.1, 0.15) is 6.10 Å². The highest BCUT2D eigenvalue weighted by Crippen LogP contribution is 2.67. The fourth-order valence-corrected chi connectivity index (χ4v) is 6.52. The maximum atomic E-state index is 12.8. The van der Waals surface area contributed by atoms with Crippen molar-refractivity contribution in [3.63, 3.8) is 0 Å². The summed E-state index contributed by atoms with van der Waals surface area (Å²) in [5, 5.41) is 22.8. The third-order valence-corrected chi connectivity index (χ3v) is 9.00. The van der Waals surface area contributed by atoms with Crippen molar-refractivity contribution in [2.24, 2.45) is 28.6 Å². The maximum absolute atomic E-state index is 12.8. The number of ether oxygens (including phenoxy) is 4. The first-order chi connectivity index (χ1) is 17.7. The lowest BCUT2D eigenvalue weighted by atomic mass is 9.44. The van der Waals surface area contributed by atoms with E-state index in [1.54, 1.807) is 13.0 Å². The summed E-state index contributed by atoms with van der Waals surface area (Å²) in [6.45, 7) is 17.8. The Bertz CT molecular complexity index is 1000. The number of hydrogen-bond donors (Lipinski definition) is 2. The quantitative estimate of drug-likeness (QED) is 0.197. The fourth-order valence-electron chi connectivity index (χ4n) is 6.52. The maximum Gasteiger partial charge on any atom is 0.309 e. The van der Waals surface area contributed by atoms with Crippen molar-refractivity contribution in [2.75, 3.05) is 0 Å². The Morgan fingerprint density at radius 1 is 1.21 bits per heavy atom. The van der Waals surface area contributed by atoms with Gasteiger partial charge in [-0.15, -0.1) is 0 Å². The molecule has 3 rings (SSSR count). The molecule has 0 amide bonds. The number of esters is 3. The van der Waals surface area contributed by atoms with E-state index >= 15 is 0 Å². The van der Waals surface area contributed by atoms with Gasteiger partial charge in [-0.1, -0.05) is 46.9 Å². The van der Waals surface area contributed by atoms with Crippen LogP contribution in [0.2, 0.25) is 0 Å². The van der Waals surface area contributed by atoms with Crippen LogP contribution in [-0.4, -0.2) is 59.0 Å². The molecule has 9 nitrogen and oxygen atoms in total. The second kappa shape index (κ2) is 11.3. The lowest BCUT2D eigenvalue weighted by Crippen LogP contribution is -2.63. The van der Waals surface area contributed by atoms with Crippen LogP contribution in [0.15, 0.2) is 36.5 Å². The molecule has 38 heavy (non-hydrogen) atoms. The molecule has 1 aliphatic heterocycles. The van der Waals surface area contributed by atoms with Crippen LogP contribution in [0.4, 0.5) is 0 Å². The molecule has 0 aromatic carbocycles. The van der Waals surface area contributed by atoms with Crippen LogP contribution in [0.1, 0.15) is 67.2 Å². The highest BCUT2D eigenvalue weighted by molar-refractivity contribution is 5.72. The van der Waals surface area contributed by atoms with Crippen LogP contribution < -0.4 is 0 Å². The molecule has 1 saturated carbocycles. The van der Waals surface area contributed by atoms with E-state index in [2.05, 4.69) is 13.2 Å². The minimum atomic E-state index is -1.29. The van der Waals surface area contributed by atoms with E-state index < -0.39 is 59.6 Å². The smallest absolute Gasteiger partial charge is 0.309 e. The van der Waals surface area contributed by atoms with Crippen molar-refractivity contribution < 1.29 is 43.5 Å². The number of carbonyl (C=O) groups is 3. The summed E-state index contributed by atoms with van der Waals surface area (Å²) in [6.07, 6.45) is -0.516. The molecule has 3 aliphatic rings. The highest BCUT2D eigenvalue weighted by Gasteiger charge is 2.71. The van der Waals surface area contributed by atoms with Crippen molar-refractivity contribution in [3.8, 4) is 0 Å². The van der Waals surface area contributed by atoms with Gasteiger partial charge in [0.2, 0.25) is 12.6 Å². The molecular weight excluding hydrogens is 492 g/mol. The molecule has 0 bridgehead atoms. The minimum Gasteiger partial charge on any atom is -0.458 e. The molecule has 0 radical (unpaired) electrons. The monoisotopic (exact) mass is 534 g/mol. The van der Waals surface area contributed by atoms with Gasteiger partial charge in [-0.25, -0.2) is 0 Å². The van der Waals surface area contributed by atoms with Crippen LogP contribution in [0.25, 0.3) is 0 Å². The molecule has 10 atom stereocenters. The molecule has 2 aliphatic carbocycles. The van der Waals surface area contributed by atoms with Crippen LogP contribution >= 0.6 is 0 Å². The SMILES string of the molecule is C=CC(=C)[C@@H](O)C[C@@]1(C)[C@@H](C)CC(O)C23C(=C[C@H](OC(=O)C(C)CC)C[C@@H]21)[C@H](OC(C)=O)O[C@@H]3OC(C)=O. The zero-order valence-electron chi connectivity index (χ0n) is 23.3. The number of hydrogen-bond acceptors (Lipinski definition) is 9. The molecule has 1 heterocycles. The van der Waals surface area contributed by atoms with Gasteiger partial charge in [0.25, 0.3) is 0 Å². The summed E-state index contributed by atoms with van der Waals surface area (Å²) in [7, 11) is 0. The third-order valence-electron chi connectivity index (χ3n) is 9.00. The predicted octanol–water partition coefficient (Wildman–Crippen LogP) is 3.59. The average molecular weight is 535 g/mol. The zero-order chi connectivity index (χ0) is 28.6. The predicted molar refractivity (Wildman–Crippen MR) is 138 cm³/mol. The van der Waals surface area contributed by atoms with Crippen LogP contribution in [-0.2, 0) is 33.3 Å². The Hall–Kier alpha value is -2.49. The minimum absolute atomic E-state index is 0.101. The number of rotatable bonds is 9. The van der Waals surface area contributed by atoms with Gasteiger partial charge in [0.15, 0.2) is 0 Å². The second-order valence-corrected chi connectivity index (χ2v) is 11.3. The van der Waals surface area contributed by atoms with Gasteiger partial charge in [-0.05, 0) is 54.6 Å². The summed E-state index contributed by atoms with van der Waals surface area (Å²) < 4.78 is 23.1. The summed E-state index contributed by atoms with van der Waals surface area (Å²) in [5.41, 5.74) is -1.10. The average Bonchev–Trinajstić information content (AvgIpc) is 3.13. The zero-order valence-corrected chi connectivity index (χ0v) is 23.3. The van der Waals surface area contributed by atoms with E-state index in [-0.39, 0.29) is 30.6 Å². The van der Waals surface area contributed by atoms with Crippen molar-refractivity contribution in [3.05, 3.63) is 36.5 Å². The van der Waals surface area contributed by atoms with Crippen molar-refractivity contribution in [2.45, 2.75) is 98.1 Å². The normalized spacial score (nSPS) is 37.5. The summed E-state index contributed by atoms with van der Waals surface area (Å²) >= 11 is 0. The van der Waals surface area contributed by atoms with Gasteiger partial charge >= 0.3 is 17.9 Å². The van der Waals surface area contributed by atoms with Crippen molar-refractivity contribution in [1.29, 1.82) is 0 Å². The Morgan fingerprint density at radius 2 is 1.84 bits per heavy atom. The number of aliphatic hydroxyl groups excluding tert-OH is 2. The van der Waals surface area contributed by atoms with E-state index in [1.807, 2.05) is 20.8 Å². The van der Waals surface area contributed by atoms with E-state index in [9.17, 15) is 24.6 Å². The van der Waals surface area contributed by atoms with Crippen LogP contribution in [0.5, 0.6) is 0 Å². The van der Waals surface area contributed by atoms with Crippen molar-refractivity contribution >= 4 is 17.9 Å². The summed E-state index contributed by atoms with van der Waals surface area (Å²) in [6, 6.07) is 0. The molecule has 1 spiro atoms. The number of aliphatic hydroxyl groups is 2. The van der Waals surface area contributed by atoms with E-state index in [0.29, 0.717) is 24.0 Å². The molecule has 0 aromatic heterocycles. The Labute approximate surface area is 224 Å². The standard InChI is InChI=1S/C29H42O9/c1-9-15(3)22(32)14-28(8)17(5)11-24(33)29-21(26(35-18(6)30)38-27(29)36-19(7)31)12-20(13-23(28)29)37-25(34)16(4)10-2/h9,12,16-17,20,22-24,26-27,32-33H,1,3,10-11,13-14H2,2,4-8H3/t16?,17-,20-,22-,23+,24?,26+,27-,28-,29?/m0/s1. The molecule has 2 N–H and O–H groups in total. The topological polar surface area (TPSA) is 129 Å². The van der Waals surface area contributed by atoms with Crippen molar-refractivity contribution in [1.82, 2.24) is 0 Å². The summed E-state index contributed by atoms with van der Waals surface area (Å²) in [5.74, 6) is -2.53. The lowest BCUT2D eigenvalue weighted by Gasteiger charge is -2.60. The van der Waals surface area contributed by atoms with Gasteiger partial charge in [0.05, 0.1) is 23.5 Å². The van der Waals surface area contributed by atoms with Crippen LogP contribution in [0.3, 0.4) is 0 Å². The van der Waals surface area contributed by atoms with E-state index in [4.69, 9.17) is 18.9 Å². The third kappa shape index (κ3) is 5.20. The van der Waals surface area contributed by atoms with Gasteiger partial charge in [-0.3, -0.25) is 19.1 Å². The largest absolute Gasteiger partial charge is 0.458 e. The lowest BCUT2D eigenvalue weighted by molar-refractivity contribution is -0.256. The molecule has 0 aromatic rings. The molecule has 2 fully saturated rings. The molecule has 212 valence electrons. The first-order valence-electron chi connectivity index (χ1n) is 13.3. The van der Waals surface area contributed by atoms with E-state index in [0.717, 1.165) is 0 Å². The first kappa shape index (κ1) is 30.1. The molecule has 3 unspecified atom stereocenters. The second-order valence-electron chi connectivity index (χ2n) is 11.3. The molecule has 9 heteroatoms. The number of carbonyl (C=O) groups excluding carboxylic acids is 3. The Balaban J connectivity index is 2.22. The summed E-state index contributed by atoms with van der Waals surface area (Å²) in [4.78, 5) is 37.0. The van der Waals surface area contributed by atoms with Gasteiger partial charge in [-0.2, -0.15) is 0 Å². The fraction of sp³-hybridized carbons (Fsp3) is 0.690. The molecular formula is C29H42O9. The Kier molecular flexibility index (Phi) is 8.95. The van der Waals surface area contributed by atoms with Crippen LogP contribution in [0, 0.1) is 28.6 Å². The highest BCUT2D eigenvalue weighted by atomic mass is 16.8. The molecule has 1 saturated heterocycles. The Morgan fingerprint density at radius 3 is 2.39 bits per heavy atom. The van der Waals surface area contributed by atoms with E-state index in [1.165, 1.54) is 19.9 Å². The first-order valence-corrected chi connectivity index (χ1v) is 13.3. The van der Waals surface area contributed by atoms with Gasteiger partial charge < -0.3 is 24.4 Å². The van der Waals surface area contributed by atoms with Gasteiger partial charge in [0, 0.05) is 19.4 Å².